The van der Waals surface area contributed by atoms with Gasteiger partial charge in [0, 0.05) is 24.0 Å². The van der Waals surface area contributed by atoms with Crippen molar-refractivity contribution in [2.75, 3.05) is 16.4 Å². The van der Waals surface area contributed by atoms with E-state index in [1.807, 2.05) is 0 Å². The number of amides is 1. The standard InChI is InChI=1S/C15H15N3O3/c1-9(19)17-12-5-6-14(13(8-12)15(20)21)18-11-4-2-3-10(16)7-11/h2-8,18H,16H2,1H3,(H,17,19)(H,20,21). The van der Waals surface area contributed by atoms with Gasteiger partial charge < -0.3 is 21.5 Å². The molecule has 0 aliphatic heterocycles. The molecule has 0 aliphatic rings. The van der Waals surface area contributed by atoms with Gasteiger partial charge in [0.25, 0.3) is 0 Å². The normalized spacial score (nSPS) is 9.95. The van der Waals surface area contributed by atoms with Crippen molar-refractivity contribution in [3.05, 3.63) is 48.0 Å². The number of nitrogens with one attached hydrogen (secondary N) is 2. The predicted molar refractivity (Wildman–Crippen MR) is 81.8 cm³/mol. The number of benzene rings is 2. The Morgan fingerprint density at radius 1 is 1.10 bits per heavy atom. The number of hydrogen-bond acceptors (Lipinski definition) is 4. The zero-order chi connectivity index (χ0) is 15.4. The maximum atomic E-state index is 11.3. The van der Waals surface area contributed by atoms with Crippen LogP contribution < -0.4 is 16.4 Å². The first-order chi connectivity index (χ1) is 9.95. The zero-order valence-electron chi connectivity index (χ0n) is 11.4. The van der Waals surface area contributed by atoms with Gasteiger partial charge in [-0.2, -0.15) is 0 Å². The van der Waals surface area contributed by atoms with Gasteiger partial charge in [0.1, 0.15) is 0 Å². The SMILES string of the molecule is CC(=O)Nc1ccc(Nc2cccc(N)c2)c(C(=O)O)c1. The van der Waals surface area contributed by atoms with Crippen LogP contribution in [0.25, 0.3) is 0 Å². The number of hydrogen-bond donors (Lipinski definition) is 4. The van der Waals surface area contributed by atoms with Gasteiger partial charge in [0.05, 0.1) is 11.3 Å². The van der Waals surface area contributed by atoms with Crippen molar-refractivity contribution in [3.63, 3.8) is 0 Å². The molecule has 0 unspecified atom stereocenters. The van der Waals surface area contributed by atoms with Gasteiger partial charge in [0.2, 0.25) is 5.91 Å². The molecule has 0 bridgehead atoms. The summed E-state index contributed by atoms with van der Waals surface area (Å²) < 4.78 is 0. The number of nitrogen functional groups attached to an aromatic ring is 1. The highest BCUT2D eigenvalue weighted by molar-refractivity contribution is 5.98. The second kappa shape index (κ2) is 5.96. The molecule has 0 radical (unpaired) electrons. The van der Waals surface area contributed by atoms with E-state index >= 15 is 0 Å². The summed E-state index contributed by atoms with van der Waals surface area (Å²) in [6, 6.07) is 11.6. The maximum Gasteiger partial charge on any atom is 0.337 e. The van der Waals surface area contributed by atoms with Gasteiger partial charge in [0.15, 0.2) is 0 Å². The molecule has 0 aromatic heterocycles. The zero-order valence-corrected chi connectivity index (χ0v) is 11.4. The third kappa shape index (κ3) is 3.73. The summed E-state index contributed by atoms with van der Waals surface area (Å²) in [5.41, 5.74) is 7.85. The van der Waals surface area contributed by atoms with Crippen molar-refractivity contribution in [1.29, 1.82) is 0 Å². The van der Waals surface area contributed by atoms with Crippen molar-refractivity contribution in [1.82, 2.24) is 0 Å². The summed E-state index contributed by atoms with van der Waals surface area (Å²) in [5, 5.41) is 14.8. The lowest BCUT2D eigenvalue weighted by Gasteiger charge is -2.12. The van der Waals surface area contributed by atoms with Crippen LogP contribution in [0.3, 0.4) is 0 Å². The van der Waals surface area contributed by atoms with Crippen LogP contribution in [0.15, 0.2) is 42.5 Å². The van der Waals surface area contributed by atoms with Crippen molar-refractivity contribution in [3.8, 4) is 0 Å². The smallest absolute Gasteiger partial charge is 0.337 e. The lowest BCUT2D eigenvalue weighted by molar-refractivity contribution is -0.114. The van der Waals surface area contributed by atoms with Gasteiger partial charge in [-0.1, -0.05) is 6.07 Å². The van der Waals surface area contributed by atoms with Gasteiger partial charge in [-0.25, -0.2) is 4.79 Å². The Bertz CT molecular complexity index is 698. The minimum absolute atomic E-state index is 0.0590. The van der Waals surface area contributed by atoms with Crippen LogP contribution >= 0.6 is 0 Å². The molecule has 108 valence electrons. The van der Waals surface area contributed by atoms with E-state index in [2.05, 4.69) is 10.6 Å². The summed E-state index contributed by atoms with van der Waals surface area (Å²) in [6.45, 7) is 1.36. The molecule has 5 N–H and O–H groups in total. The van der Waals surface area contributed by atoms with Crippen LogP contribution in [0, 0.1) is 0 Å². The van der Waals surface area contributed by atoms with E-state index in [0.29, 0.717) is 22.7 Å². The molecule has 0 aliphatic carbocycles. The molecule has 2 aromatic rings. The van der Waals surface area contributed by atoms with Gasteiger partial charge >= 0.3 is 5.97 Å². The lowest BCUT2D eigenvalue weighted by atomic mass is 10.1. The molecule has 1 amide bonds. The molecule has 6 nitrogen and oxygen atoms in total. The Labute approximate surface area is 121 Å². The first kappa shape index (κ1) is 14.4. The van der Waals surface area contributed by atoms with E-state index in [4.69, 9.17) is 5.73 Å². The molecule has 0 atom stereocenters. The van der Waals surface area contributed by atoms with Crippen molar-refractivity contribution in [2.45, 2.75) is 6.92 Å². The molecule has 0 fully saturated rings. The predicted octanol–water partition coefficient (Wildman–Crippen LogP) is 2.67. The van der Waals surface area contributed by atoms with Crippen LogP contribution in [-0.2, 0) is 4.79 Å². The Balaban J connectivity index is 2.34. The Kier molecular flexibility index (Phi) is 4.08. The minimum Gasteiger partial charge on any atom is -0.478 e. The van der Waals surface area contributed by atoms with Crippen LogP contribution in [0.5, 0.6) is 0 Å². The first-order valence-corrected chi connectivity index (χ1v) is 6.23. The highest BCUT2D eigenvalue weighted by Crippen LogP contribution is 2.25. The minimum atomic E-state index is -1.09. The third-order valence-corrected chi connectivity index (χ3v) is 2.74. The number of carboxylic acid groups (broad SMARTS) is 1. The molecule has 0 saturated carbocycles. The Hall–Kier alpha value is -3.02. The molecule has 21 heavy (non-hydrogen) atoms. The quantitative estimate of drug-likeness (QED) is 0.646. The van der Waals surface area contributed by atoms with Crippen molar-refractivity contribution >= 4 is 34.6 Å². The van der Waals surface area contributed by atoms with E-state index in [0.717, 1.165) is 0 Å². The van der Waals surface area contributed by atoms with E-state index in [9.17, 15) is 14.7 Å². The number of anilines is 4. The Morgan fingerprint density at radius 2 is 1.86 bits per heavy atom. The summed E-state index contributed by atoms with van der Waals surface area (Å²) in [4.78, 5) is 22.4. The van der Waals surface area contributed by atoms with Crippen molar-refractivity contribution in [2.24, 2.45) is 0 Å². The average Bonchev–Trinajstić information content (AvgIpc) is 2.39. The first-order valence-electron chi connectivity index (χ1n) is 6.23. The summed E-state index contributed by atoms with van der Waals surface area (Å²) >= 11 is 0. The molecule has 6 heteroatoms. The second-order valence-corrected chi connectivity index (χ2v) is 4.50. The summed E-state index contributed by atoms with van der Waals surface area (Å²) in [7, 11) is 0. The molecule has 2 aromatic carbocycles. The van der Waals surface area contributed by atoms with Gasteiger partial charge in [-0.15, -0.1) is 0 Å². The molecule has 0 heterocycles. The monoisotopic (exact) mass is 285 g/mol. The topological polar surface area (TPSA) is 104 Å². The maximum absolute atomic E-state index is 11.3. The average molecular weight is 285 g/mol. The van der Waals surface area contributed by atoms with Gasteiger partial charge in [-0.05, 0) is 36.4 Å². The van der Waals surface area contributed by atoms with E-state index in [1.54, 1.807) is 36.4 Å². The molecule has 0 spiro atoms. The van der Waals surface area contributed by atoms with E-state index in [-0.39, 0.29) is 11.5 Å². The second-order valence-electron chi connectivity index (χ2n) is 4.50. The fourth-order valence-corrected chi connectivity index (χ4v) is 1.88. The van der Waals surface area contributed by atoms with Crippen LogP contribution in [0.1, 0.15) is 17.3 Å². The van der Waals surface area contributed by atoms with Gasteiger partial charge in [-0.3, -0.25) is 4.79 Å². The number of aromatic carboxylic acids is 1. The molecular formula is C15H15N3O3. The number of nitrogens with two attached hydrogens (primary N) is 1. The fourth-order valence-electron chi connectivity index (χ4n) is 1.88. The number of carbonyl (C=O) groups excluding carboxylic acids is 1. The van der Waals surface area contributed by atoms with Crippen LogP contribution in [0.4, 0.5) is 22.7 Å². The summed E-state index contributed by atoms with van der Waals surface area (Å²) in [5.74, 6) is -1.35. The Morgan fingerprint density at radius 3 is 2.48 bits per heavy atom. The van der Waals surface area contributed by atoms with E-state index in [1.165, 1.54) is 13.0 Å². The summed E-state index contributed by atoms with van der Waals surface area (Å²) in [6.07, 6.45) is 0. The number of carbonyl (C=O) groups is 2. The third-order valence-electron chi connectivity index (χ3n) is 2.74. The van der Waals surface area contributed by atoms with E-state index < -0.39 is 5.97 Å². The highest BCUT2D eigenvalue weighted by Gasteiger charge is 2.12. The van der Waals surface area contributed by atoms with Crippen molar-refractivity contribution < 1.29 is 14.7 Å². The molecule has 2 rings (SSSR count). The van der Waals surface area contributed by atoms with Crippen LogP contribution in [0.2, 0.25) is 0 Å². The largest absolute Gasteiger partial charge is 0.478 e. The molecular weight excluding hydrogens is 270 g/mol. The number of rotatable bonds is 4. The highest BCUT2D eigenvalue weighted by atomic mass is 16.4. The lowest BCUT2D eigenvalue weighted by Crippen LogP contribution is -2.08. The fraction of sp³-hybridized carbons (Fsp3) is 0.0667. The van der Waals surface area contributed by atoms with Crippen LogP contribution in [-0.4, -0.2) is 17.0 Å². The molecule has 0 saturated heterocycles. The number of carboxylic acids is 1.